The van der Waals surface area contributed by atoms with E-state index in [0.29, 0.717) is 6.04 Å². The van der Waals surface area contributed by atoms with Gasteiger partial charge in [0.2, 0.25) is 0 Å². The van der Waals surface area contributed by atoms with Gasteiger partial charge in [-0.3, -0.25) is 0 Å². The first-order chi connectivity index (χ1) is 8.08. The SMILES string of the molecule is CCc1ccsc1C(CC(C)CC(C)C)NC. The third-order valence-electron chi connectivity index (χ3n) is 3.34. The van der Waals surface area contributed by atoms with Gasteiger partial charge < -0.3 is 5.32 Å². The minimum absolute atomic E-state index is 0.540. The molecular weight excluding hydrogens is 226 g/mol. The number of rotatable bonds is 7. The molecule has 0 saturated heterocycles. The van der Waals surface area contributed by atoms with E-state index in [4.69, 9.17) is 0 Å². The van der Waals surface area contributed by atoms with Crippen LogP contribution in [0.15, 0.2) is 11.4 Å². The Morgan fingerprint density at radius 2 is 1.94 bits per heavy atom. The first-order valence-corrected chi connectivity index (χ1v) is 7.69. The van der Waals surface area contributed by atoms with Crippen LogP contribution in [0.3, 0.4) is 0 Å². The Morgan fingerprint density at radius 3 is 2.47 bits per heavy atom. The molecule has 98 valence electrons. The van der Waals surface area contributed by atoms with Crippen molar-refractivity contribution in [2.45, 2.75) is 53.0 Å². The Kier molecular flexibility index (Phi) is 6.21. The summed E-state index contributed by atoms with van der Waals surface area (Å²) in [5.41, 5.74) is 1.52. The lowest BCUT2D eigenvalue weighted by Gasteiger charge is -2.22. The van der Waals surface area contributed by atoms with E-state index in [-0.39, 0.29) is 0 Å². The number of nitrogens with one attached hydrogen (secondary N) is 1. The number of aryl methyl sites for hydroxylation is 1. The third kappa shape index (κ3) is 4.44. The van der Waals surface area contributed by atoms with E-state index in [1.807, 2.05) is 11.3 Å². The molecule has 1 nitrogen and oxygen atoms in total. The fraction of sp³-hybridized carbons (Fsp3) is 0.733. The maximum Gasteiger partial charge on any atom is 0.0417 e. The fourth-order valence-electron chi connectivity index (χ4n) is 2.60. The number of hydrogen-bond donors (Lipinski definition) is 1. The minimum atomic E-state index is 0.540. The van der Waals surface area contributed by atoms with Gasteiger partial charge >= 0.3 is 0 Å². The molecule has 1 aromatic rings. The van der Waals surface area contributed by atoms with Crippen LogP contribution in [0.4, 0.5) is 0 Å². The summed E-state index contributed by atoms with van der Waals surface area (Å²) < 4.78 is 0. The van der Waals surface area contributed by atoms with E-state index >= 15 is 0 Å². The van der Waals surface area contributed by atoms with Crippen LogP contribution in [0.2, 0.25) is 0 Å². The molecule has 0 aromatic carbocycles. The van der Waals surface area contributed by atoms with Gasteiger partial charge in [-0.1, -0.05) is 27.7 Å². The van der Waals surface area contributed by atoms with Crippen molar-refractivity contribution in [3.8, 4) is 0 Å². The minimum Gasteiger partial charge on any atom is -0.312 e. The molecule has 0 aliphatic heterocycles. The van der Waals surface area contributed by atoms with E-state index in [0.717, 1.165) is 18.3 Å². The van der Waals surface area contributed by atoms with Crippen molar-refractivity contribution in [2.24, 2.45) is 11.8 Å². The molecule has 17 heavy (non-hydrogen) atoms. The molecule has 0 aliphatic rings. The normalized spacial score (nSPS) is 15.2. The molecular formula is C15H27NS. The maximum absolute atomic E-state index is 3.49. The topological polar surface area (TPSA) is 12.0 Å². The molecule has 0 fully saturated rings. The molecule has 0 amide bonds. The van der Waals surface area contributed by atoms with Crippen LogP contribution in [0, 0.1) is 11.8 Å². The number of hydrogen-bond acceptors (Lipinski definition) is 2. The van der Waals surface area contributed by atoms with Gasteiger partial charge in [0.25, 0.3) is 0 Å². The van der Waals surface area contributed by atoms with Crippen LogP contribution in [0.1, 0.15) is 57.0 Å². The van der Waals surface area contributed by atoms with E-state index in [1.54, 1.807) is 4.88 Å². The van der Waals surface area contributed by atoms with Crippen molar-refractivity contribution >= 4 is 11.3 Å². The van der Waals surface area contributed by atoms with Gasteiger partial charge in [0.05, 0.1) is 0 Å². The molecule has 2 heteroatoms. The predicted molar refractivity (Wildman–Crippen MR) is 78.7 cm³/mol. The van der Waals surface area contributed by atoms with Gasteiger partial charge in [-0.25, -0.2) is 0 Å². The van der Waals surface area contributed by atoms with Crippen LogP contribution in [0.5, 0.6) is 0 Å². The highest BCUT2D eigenvalue weighted by atomic mass is 32.1. The lowest BCUT2D eigenvalue weighted by atomic mass is 9.91. The van der Waals surface area contributed by atoms with Crippen molar-refractivity contribution in [1.29, 1.82) is 0 Å². The van der Waals surface area contributed by atoms with Crippen molar-refractivity contribution < 1.29 is 0 Å². The van der Waals surface area contributed by atoms with Gasteiger partial charge in [0.15, 0.2) is 0 Å². The van der Waals surface area contributed by atoms with Gasteiger partial charge in [-0.05, 0) is 55.2 Å². The second-order valence-corrected chi connectivity index (χ2v) is 6.42. The standard InChI is InChI=1S/C15H27NS/c1-6-13-7-8-17-15(13)14(16-5)10-12(4)9-11(2)3/h7-8,11-12,14,16H,6,9-10H2,1-5H3. The van der Waals surface area contributed by atoms with Crippen molar-refractivity contribution in [1.82, 2.24) is 5.32 Å². The Bertz CT molecular complexity index is 316. The molecule has 0 saturated carbocycles. The Hall–Kier alpha value is -0.340. The van der Waals surface area contributed by atoms with Crippen molar-refractivity contribution in [2.75, 3.05) is 7.05 Å². The maximum atomic E-state index is 3.49. The largest absolute Gasteiger partial charge is 0.312 e. The molecule has 1 rings (SSSR count). The molecule has 0 aliphatic carbocycles. The average Bonchev–Trinajstić information content (AvgIpc) is 2.72. The van der Waals surface area contributed by atoms with Gasteiger partial charge in [-0.2, -0.15) is 0 Å². The van der Waals surface area contributed by atoms with E-state index in [9.17, 15) is 0 Å². The van der Waals surface area contributed by atoms with Crippen LogP contribution in [-0.2, 0) is 6.42 Å². The van der Waals surface area contributed by atoms with Crippen molar-refractivity contribution in [3.05, 3.63) is 21.9 Å². The number of thiophene rings is 1. The zero-order valence-corrected chi connectivity index (χ0v) is 12.7. The Morgan fingerprint density at radius 1 is 1.24 bits per heavy atom. The van der Waals surface area contributed by atoms with Gasteiger partial charge in [-0.15, -0.1) is 11.3 Å². The molecule has 2 atom stereocenters. The van der Waals surface area contributed by atoms with E-state index < -0.39 is 0 Å². The zero-order valence-electron chi connectivity index (χ0n) is 11.9. The van der Waals surface area contributed by atoms with Gasteiger partial charge in [0.1, 0.15) is 0 Å². The molecule has 0 spiro atoms. The molecule has 0 bridgehead atoms. The highest BCUT2D eigenvalue weighted by molar-refractivity contribution is 7.10. The summed E-state index contributed by atoms with van der Waals surface area (Å²) in [4.78, 5) is 1.55. The lowest BCUT2D eigenvalue weighted by Crippen LogP contribution is -2.19. The molecule has 1 heterocycles. The average molecular weight is 253 g/mol. The van der Waals surface area contributed by atoms with E-state index in [1.165, 1.54) is 18.4 Å². The van der Waals surface area contributed by atoms with Crippen LogP contribution < -0.4 is 5.32 Å². The zero-order chi connectivity index (χ0) is 12.8. The van der Waals surface area contributed by atoms with Crippen molar-refractivity contribution in [3.63, 3.8) is 0 Å². The smallest absolute Gasteiger partial charge is 0.0417 e. The monoisotopic (exact) mass is 253 g/mol. The van der Waals surface area contributed by atoms with E-state index in [2.05, 4.69) is 51.5 Å². The summed E-state index contributed by atoms with van der Waals surface area (Å²) in [5.74, 6) is 1.59. The quantitative estimate of drug-likeness (QED) is 0.746. The predicted octanol–water partition coefficient (Wildman–Crippen LogP) is 4.64. The first-order valence-electron chi connectivity index (χ1n) is 6.81. The second kappa shape index (κ2) is 7.17. The second-order valence-electron chi connectivity index (χ2n) is 5.48. The summed E-state index contributed by atoms with van der Waals surface area (Å²) in [5, 5.41) is 5.72. The third-order valence-corrected chi connectivity index (χ3v) is 4.41. The van der Waals surface area contributed by atoms with Crippen LogP contribution in [-0.4, -0.2) is 7.05 Å². The molecule has 1 N–H and O–H groups in total. The summed E-state index contributed by atoms with van der Waals surface area (Å²) >= 11 is 1.91. The molecule has 2 unspecified atom stereocenters. The summed E-state index contributed by atoms with van der Waals surface area (Å²) in [6.45, 7) is 9.25. The lowest BCUT2D eigenvalue weighted by molar-refractivity contribution is 0.368. The summed E-state index contributed by atoms with van der Waals surface area (Å²) in [7, 11) is 2.09. The highest BCUT2D eigenvalue weighted by Crippen LogP contribution is 2.31. The molecule has 0 radical (unpaired) electrons. The fourth-order valence-corrected chi connectivity index (χ4v) is 3.73. The molecule has 1 aromatic heterocycles. The first kappa shape index (κ1) is 14.7. The summed E-state index contributed by atoms with van der Waals surface area (Å²) in [6.07, 6.45) is 3.72. The highest BCUT2D eigenvalue weighted by Gasteiger charge is 2.17. The Balaban J connectivity index is 2.65. The Labute approximate surface area is 111 Å². The van der Waals surface area contributed by atoms with Crippen LogP contribution >= 0.6 is 11.3 Å². The summed E-state index contributed by atoms with van der Waals surface area (Å²) in [6, 6.07) is 2.82. The van der Waals surface area contributed by atoms with Gasteiger partial charge in [0, 0.05) is 10.9 Å². The van der Waals surface area contributed by atoms with Crippen LogP contribution in [0.25, 0.3) is 0 Å².